The summed E-state index contributed by atoms with van der Waals surface area (Å²) in [5.74, 6) is -1.09. The van der Waals surface area contributed by atoms with Crippen molar-refractivity contribution in [3.8, 4) is 0 Å². The minimum atomic E-state index is -1.00. The molecule has 0 saturated heterocycles. The molecule has 1 unspecified atom stereocenters. The van der Waals surface area contributed by atoms with Gasteiger partial charge in [-0.2, -0.15) is 0 Å². The zero-order valence-corrected chi connectivity index (χ0v) is 10.5. The molecule has 0 bridgehead atoms. The van der Waals surface area contributed by atoms with Gasteiger partial charge in [0, 0.05) is 12.6 Å². The Morgan fingerprint density at radius 2 is 2.17 bits per heavy atom. The number of hydrogen-bond acceptors (Lipinski definition) is 4. The molecule has 100 valence electrons. The van der Waals surface area contributed by atoms with Crippen LogP contribution < -0.4 is 5.32 Å². The second kappa shape index (κ2) is 6.73. The van der Waals surface area contributed by atoms with Crippen LogP contribution in [0.15, 0.2) is 12.4 Å². The molecule has 0 aliphatic carbocycles. The van der Waals surface area contributed by atoms with E-state index in [-0.39, 0.29) is 18.2 Å². The van der Waals surface area contributed by atoms with E-state index in [9.17, 15) is 9.59 Å². The van der Waals surface area contributed by atoms with E-state index in [1.807, 2.05) is 13.8 Å². The summed E-state index contributed by atoms with van der Waals surface area (Å²) in [5.41, 5.74) is 0. The molecule has 1 aromatic heterocycles. The first-order valence-electron chi connectivity index (χ1n) is 5.85. The van der Waals surface area contributed by atoms with Gasteiger partial charge in [0.05, 0.1) is 12.7 Å². The summed E-state index contributed by atoms with van der Waals surface area (Å²) in [5, 5.41) is 18.8. The summed E-state index contributed by atoms with van der Waals surface area (Å²) in [6.45, 7) is 4.22. The van der Waals surface area contributed by atoms with Crippen molar-refractivity contribution in [1.29, 1.82) is 0 Å². The average molecular weight is 254 g/mol. The Morgan fingerprint density at radius 1 is 1.44 bits per heavy atom. The predicted molar refractivity (Wildman–Crippen MR) is 63.7 cm³/mol. The zero-order chi connectivity index (χ0) is 13.5. The maximum Gasteiger partial charge on any atom is 0.326 e. The molecule has 0 aromatic carbocycles. The standard InChI is InChI=1S/C11H18N4O3/c1-8(2)7-9(11(17)18)13-10(16)3-5-15-6-4-12-14-15/h4,6,8-9H,3,5,7H2,1-2H3,(H,13,16)(H,17,18). The van der Waals surface area contributed by atoms with E-state index < -0.39 is 12.0 Å². The van der Waals surface area contributed by atoms with Gasteiger partial charge in [-0.15, -0.1) is 5.10 Å². The van der Waals surface area contributed by atoms with Crippen molar-refractivity contribution in [3.05, 3.63) is 12.4 Å². The van der Waals surface area contributed by atoms with Crippen LogP contribution in [0.25, 0.3) is 0 Å². The smallest absolute Gasteiger partial charge is 0.326 e. The molecule has 0 spiro atoms. The number of carbonyl (C=O) groups excluding carboxylic acids is 1. The average Bonchev–Trinajstić information content (AvgIpc) is 2.77. The number of nitrogens with one attached hydrogen (secondary N) is 1. The van der Waals surface area contributed by atoms with Crippen LogP contribution in [-0.2, 0) is 16.1 Å². The number of aryl methyl sites for hydroxylation is 1. The van der Waals surface area contributed by atoms with Crippen LogP contribution in [-0.4, -0.2) is 38.0 Å². The van der Waals surface area contributed by atoms with Gasteiger partial charge < -0.3 is 10.4 Å². The number of rotatable bonds is 7. The first kappa shape index (κ1) is 14.1. The molecule has 7 heteroatoms. The van der Waals surface area contributed by atoms with Crippen molar-refractivity contribution >= 4 is 11.9 Å². The van der Waals surface area contributed by atoms with Gasteiger partial charge in [-0.05, 0) is 12.3 Å². The van der Waals surface area contributed by atoms with E-state index in [2.05, 4.69) is 15.6 Å². The van der Waals surface area contributed by atoms with Crippen molar-refractivity contribution in [1.82, 2.24) is 20.3 Å². The lowest BCUT2D eigenvalue weighted by Gasteiger charge is -2.16. The highest BCUT2D eigenvalue weighted by Crippen LogP contribution is 2.05. The lowest BCUT2D eigenvalue weighted by molar-refractivity contribution is -0.142. The highest BCUT2D eigenvalue weighted by molar-refractivity contribution is 5.83. The van der Waals surface area contributed by atoms with Gasteiger partial charge in [-0.25, -0.2) is 4.79 Å². The lowest BCUT2D eigenvalue weighted by atomic mass is 10.0. The molecule has 0 aliphatic rings. The second-order valence-corrected chi connectivity index (χ2v) is 4.50. The van der Waals surface area contributed by atoms with Crippen molar-refractivity contribution in [3.63, 3.8) is 0 Å². The maximum absolute atomic E-state index is 11.6. The van der Waals surface area contributed by atoms with Gasteiger partial charge in [-0.1, -0.05) is 19.1 Å². The molecule has 0 fully saturated rings. The fourth-order valence-corrected chi connectivity index (χ4v) is 1.53. The molecule has 0 radical (unpaired) electrons. The number of carboxylic acid groups (broad SMARTS) is 1. The number of carboxylic acids is 1. The van der Waals surface area contributed by atoms with Gasteiger partial charge in [0.1, 0.15) is 6.04 Å². The number of aromatic nitrogens is 3. The van der Waals surface area contributed by atoms with Gasteiger partial charge in [-0.3, -0.25) is 9.48 Å². The molecular formula is C11H18N4O3. The summed E-state index contributed by atoms with van der Waals surface area (Å²) in [6.07, 6.45) is 3.78. The zero-order valence-electron chi connectivity index (χ0n) is 10.5. The maximum atomic E-state index is 11.6. The van der Waals surface area contributed by atoms with Crippen molar-refractivity contribution in [2.24, 2.45) is 5.92 Å². The van der Waals surface area contributed by atoms with Crippen LogP contribution in [0, 0.1) is 5.92 Å². The molecule has 1 heterocycles. The molecule has 0 saturated carbocycles. The Labute approximate surface area is 105 Å². The Morgan fingerprint density at radius 3 is 2.67 bits per heavy atom. The number of carbonyl (C=O) groups is 2. The fourth-order valence-electron chi connectivity index (χ4n) is 1.53. The van der Waals surface area contributed by atoms with Gasteiger partial charge >= 0.3 is 5.97 Å². The summed E-state index contributed by atoms with van der Waals surface area (Å²) in [4.78, 5) is 22.6. The van der Waals surface area contributed by atoms with E-state index in [4.69, 9.17) is 5.11 Å². The molecule has 1 amide bonds. The number of nitrogens with zero attached hydrogens (tertiary/aromatic N) is 3. The topological polar surface area (TPSA) is 97.1 Å². The largest absolute Gasteiger partial charge is 0.480 e. The van der Waals surface area contributed by atoms with E-state index >= 15 is 0 Å². The predicted octanol–water partition coefficient (Wildman–Crippen LogP) is 0.284. The minimum absolute atomic E-state index is 0.186. The SMILES string of the molecule is CC(C)CC(NC(=O)CCn1ccnn1)C(=O)O. The van der Waals surface area contributed by atoms with Gasteiger partial charge in [0.15, 0.2) is 0 Å². The first-order valence-corrected chi connectivity index (χ1v) is 5.85. The summed E-state index contributed by atoms with van der Waals surface area (Å²) in [7, 11) is 0. The number of amides is 1. The number of hydrogen-bond donors (Lipinski definition) is 2. The summed E-state index contributed by atoms with van der Waals surface area (Å²) >= 11 is 0. The molecule has 2 N–H and O–H groups in total. The molecular weight excluding hydrogens is 236 g/mol. The van der Waals surface area contributed by atoms with E-state index in [0.717, 1.165) is 0 Å². The third kappa shape index (κ3) is 4.94. The monoisotopic (exact) mass is 254 g/mol. The minimum Gasteiger partial charge on any atom is -0.480 e. The fraction of sp³-hybridized carbons (Fsp3) is 0.636. The highest BCUT2D eigenvalue weighted by Gasteiger charge is 2.20. The summed E-state index contributed by atoms with van der Waals surface area (Å²) in [6, 6.07) is -0.826. The quantitative estimate of drug-likeness (QED) is 0.728. The molecule has 0 aliphatic heterocycles. The Balaban J connectivity index is 2.39. The second-order valence-electron chi connectivity index (χ2n) is 4.50. The molecule has 1 atom stereocenters. The van der Waals surface area contributed by atoms with E-state index in [1.165, 1.54) is 10.9 Å². The lowest BCUT2D eigenvalue weighted by Crippen LogP contribution is -2.41. The normalized spacial score (nSPS) is 12.4. The van der Waals surface area contributed by atoms with Crippen molar-refractivity contribution in [2.75, 3.05) is 0 Å². The molecule has 1 aromatic rings. The van der Waals surface area contributed by atoms with E-state index in [0.29, 0.717) is 13.0 Å². The first-order chi connectivity index (χ1) is 8.49. The van der Waals surface area contributed by atoms with E-state index in [1.54, 1.807) is 6.20 Å². The van der Waals surface area contributed by atoms with Crippen molar-refractivity contribution in [2.45, 2.75) is 39.3 Å². The highest BCUT2D eigenvalue weighted by atomic mass is 16.4. The Bertz CT molecular complexity index is 389. The van der Waals surface area contributed by atoms with Crippen LogP contribution >= 0.6 is 0 Å². The Kier molecular flexibility index (Phi) is 5.29. The molecule has 1 rings (SSSR count). The summed E-state index contributed by atoms with van der Waals surface area (Å²) < 4.78 is 1.53. The van der Waals surface area contributed by atoms with Gasteiger partial charge in [0.2, 0.25) is 5.91 Å². The van der Waals surface area contributed by atoms with Crippen LogP contribution in [0.4, 0.5) is 0 Å². The molecule has 7 nitrogen and oxygen atoms in total. The van der Waals surface area contributed by atoms with Crippen molar-refractivity contribution < 1.29 is 14.7 Å². The van der Waals surface area contributed by atoms with Crippen LogP contribution in [0.1, 0.15) is 26.7 Å². The van der Waals surface area contributed by atoms with Crippen LogP contribution in [0.5, 0.6) is 0 Å². The van der Waals surface area contributed by atoms with Gasteiger partial charge in [0.25, 0.3) is 0 Å². The van der Waals surface area contributed by atoms with Crippen LogP contribution in [0.3, 0.4) is 0 Å². The third-order valence-electron chi connectivity index (χ3n) is 2.38. The Hall–Kier alpha value is -1.92. The third-order valence-corrected chi connectivity index (χ3v) is 2.38. The number of aliphatic carboxylic acids is 1. The van der Waals surface area contributed by atoms with Crippen LogP contribution in [0.2, 0.25) is 0 Å². The molecule has 18 heavy (non-hydrogen) atoms.